The molecule has 0 aromatic carbocycles. The molecular formula is C12H23NO2. The number of carbonyl (C=O) groups is 1. The van der Waals surface area contributed by atoms with Crippen molar-refractivity contribution in [2.24, 2.45) is 11.3 Å². The zero-order valence-electron chi connectivity index (χ0n) is 10.8. The van der Waals surface area contributed by atoms with E-state index in [4.69, 9.17) is 4.74 Å². The molecule has 0 radical (unpaired) electrons. The molecule has 1 rings (SSSR count). The van der Waals surface area contributed by atoms with Gasteiger partial charge in [0.1, 0.15) is 5.60 Å². The Hall–Kier alpha value is -0.730. The molecule has 1 aliphatic heterocycles. The molecule has 1 amide bonds. The van der Waals surface area contributed by atoms with E-state index in [9.17, 15) is 4.79 Å². The van der Waals surface area contributed by atoms with Crippen LogP contribution in [0, 0.1) is 11.3 Å². The summed E-state index contributed by atoms with van der Waals surface area (Å²) in [7, 11) is 0. The molecule has 0 unspecified atom stereocenters. The predicted octanol–water partition coefficient (Wildman–Crippen LogP) is 2.90. The van der Waals surface area contributed by atoms with Crippen molar-refractivity contribution in [2.75, 3.05) is 13.1 Å². The Morgan fingerprint density at radius 3 is 1.93 bits per heavy atom. The highest BCUT2D eigenvalue weighted by atomic mass is 16.6. The molecule has 1 heterocycles. The van der Waals surface area contributed by atoms with E-state index in [1.807, 2.05) is 20.8 Å². The van der Waals surface area contributed by atoms with Crippen LogP contribution < -0.4 is 0 Å². The fourth-order valence-corrected chi connectivity index (χ4v) is 1.50. The Morgan fingerprint density at radius 2 is 1.60 bits per heavy atom. The Bertz CT molecular complexity index is 241. The molecule has 1 aliphatic rings. The van der Waals surface area contributed by atoms with E-state index in [0.717, 1.165) is 13.1 Å². The third-order valence-electron chi connectivity index (χ3n) is 2.76. The average molecular weight is 213 g/mol. The largest absolute Gasteiger partial charge is 0.444 e. The SMILES string of the molecule is CC(C)(C)OC(=O)N1CC(C(C)(C)C)C1. The van der Waals surface area contributed by atoms with Crippen LogP contribution in [0.5, 0.6) is 0 Å². The first-order chi connectivity index (χ1) is 6.59. The molecule has 0 aliphatic carbocycles. The highest BCUT2D eigenvalue weighted by Gasteiger charge is 2.39. The van der Waals surface area contributed by atoms with Crippen LogP contribution in [-0.4, -0.2) is 29.7 Å². The molecular weight excluding hydrogens is 190 g/mol. The number of nitrogens with zero attached hydrogens (tertiary/aromatic N) is 1. The summed E-state index contributed by atoms with van der Waals surface area (Å²) in [5, 5.41) is 0. The van der Waals surface area contributed by atoms with Gasteiger partial charge in [-0.05, 0) is 32.1 Å². The average Bonchev–Trinajstić information content (AvgIpc) is 1.72. The molecule has 1 fully saturated rings. The fraction of sp³-hybridized carbons (Fsp3) is 0.917. The molecule has 0 N–H and O–H groups in total. The van der Waals surface area contributed by atoms with Gasteiger partial charge in [-0.1, -0.05) is 20.8 Å². The van der Waals surface area contributed by atoms with Gasteiger partial charge in [-0.3, -0.25) is 0 Å². The van der Waals surface area contributed by atoms with E-state index < -0.39 is 0 Å². The smallest absolute Gasteiger partial charge is 0.410 e. The maximum atomic E-state index is 11.6. The lowest BCUT2D eigenvalue weighted by molar-refractivity contribution is -0.0210. The van der Waals surface area contributed by atoms with Crippen molar-refractivity contribution in [3.8, 4) is 0 Å². The van der Waals surface area contributed by atoms with Gasteiger partial charge in [0.25, 0.3) is 0 Å². The second kappa shape index (κ2) is 3.69. The first-order valence-corrected chi connectivity index (χ1v) is 5.57. The lowest BCUT2D eigenvalue weighted by Gasteiger charge is -2.46. The third kappa shape index (κ3) is 3.40. The molecule has 88 valence electrons. The van der Waals surface area contributed by atoms with Crippen LogP contribution in [0.2, 0.25) is 0 Å². The molecule has 0 aromatic rings. The second-order valence-corrected chi connectivity index (χ2v) is 6.45. The number of hydrogen-bond acceptors (Lipinski definition) is 2. The zero-order valence-corrected chi connectivity index (χ0v) is 10.8. The van der Waals surface area contributed by atoms with Gasteiger partial charge >= 0.3 is 6.09 Å². The summed E-state index contributed by atoms with van der Waals surface area (Å²) >= 11 is 0. The van der Waals surface area contributed by atoms with Crippen LogP contribution in [-0.2, 0) is 4.74 Å². The highest BCUT2D eigenvalue weighted by Crippen LogP contribution is 2.34. The van der Waals surface area contributed by atoms with Gasteiger partial charge in [-0.25, -0.2) is 4.79 Å². The van der Waals surface area contributed by atoms with E-state index in [1.54, 1.807) is 4.90 Å². The number of carbonyl (C=O) groups excluding carboxylic acids is 1. The van der Waals surface area contributed by atoms with E-state index in [-0.39, 0.29) is 11.7 Å². The Kier molecular flexibility index (Phi) is 3.04. The van der Waals surface area contributed by atoms with Crippen molar-refractivity contribution < 1.29 is 9.53 Å². The molecule has 0 spiro atoms. The summed E-state index contributed by atoms with van der Waals surface area (Å²) in [5.74, 6) is 0.602. The molecule has 0 aromatic heterocycles. The van der Waals surface area contributed by atoms with E-state index in [2.05, 4.69) is 20.8 Å². The van der Waals surface area contributed by atoms with E-state index in [0.29, 0.717) is 11.3 Å². The van der Waals surface area contributed by atoms with Gasteiger partial charge in [-0.2, -0.15) is 0 Å². The molecule has 0 saturated carbocycles. The van der Waals surface area contributed by atoms with Crippen LogP contribution >= 0.6 is 0 Å². The highest BCUT2D eigenvalue weighted by molar-refractivity contribution is 5.69. The lowest BCUT2D eigenvalue weighted by Crippen LogP contribution is -2.55. The summed E-state index contributed by atoms with van der Waals surface area (Å²) < 4.78 is 5.29. The molecule has 15 heavy (non-hydrogen) atoms. The van der Waals surface area contributed by atoms with Crippen LogP contribution in [0.1, 0.15) is 41.5 Å². The van der Waals surface area contributed by atoms with Crippen LogP contribution in [0.15, 0.2) is 0 Å². The summed E-state index contributed by atoms with van der Waals surface area (Å²) in [6.07, 6.45) is -0.178. The number of ether oxygens (including phenoxy) is 1. The number of hydrogen-bond donors (Lipinski definition) is 0. The second-order valence-electron chi connectivity index (χ2n) is 6.45. The topological polar surface area (TPSA) is 29.5 Å². The zero-order chi connectivity index (χ0) is 11.9. The quantitative estimate of drug-likeness (QED) is 0.619. The molecule has 0 bridgehead atoms. The lowest BCUT2D eigenvalue weighted by atomic mass is 9.76. The normalized spacial score (nSPS) is 18.7. The van der Waals surface area contributed by atoms with Gasteiger partial charge in [0.05, 0.1) is 0 Å². The number of amides is 1. The van der Waals surface area contributed by atoms with Gasteiger partial charge < -0.3 is 9.64 Å². The summed E-state index contributed by atoms with van der Waals surface area (Å²) in [6, 6.07) is 0. The van der Waals surface area contributed by atoms with Gasteiger partial charge in [0, 0.05) is 13.1 Å². The molecule has 3 heteroatoms. The summed E-state index contributed by atoms with van der Waals surface area (Å²) in [6.45, 7) is 14.0. The first-order valence-electron chi connectivity index (χ1n) is 5.57. The number of rotatable bonds is 0. The van der Waals surface area contributed by atoms with Crippen LogP contribution in [0.3, 0.4) is 0 Å². The predicted molar refractivity (Wildman–Crippen MR) is 60.8 cm³/mol. The molecule has 1 saturated heterocycles. The minimum atomic E-state index is -0.385. The Labute approximate surface area is 92.8 Å². The van der Waals surface area contributed by atoms with Crippen molar-refractivity contribution in [1.82, 2.24) is 4.90 Å². The number of likely N-dealkylation sites (tertiary alicyclic amines) is 1. The van der Waals surface area contributed by atoms with Gasteiger partial charge in [0.2, 0.25) is 0 Å². The minimum absolute atomic E-state index is 0.178. The van der Waals surface area contributed by atoms with E-state index in [1.165, 1.54) is 0 Å². The van der Waals surface area contributed by atoms with Crippen molar-refractivity contribution >= 4 is 6.09 Å². The monoisotopic (exact) mass is 213 g/mol. The minimum Gasteiger partial charge on any atom is -0.444 e. The van der Waals surface area contributed by atoms with Crippen molar-refractivity contribution in [3.63, 3.8) is 0 Å². The summed E-state index contributed by atoms with van der Waals surface area (Å²) in [4.78, 5) is 13.4. The van der Waals surface area contributed by atoms with E-state index >= 15 is 0 Å². The van der Waals surface area contributed by atoms with Gasteiger partial charge in [-0.15, -0.1) is 0 Å². The van der Waals surface area contributed by atoms with Crippen molar-refractivity contribution in [3.05, 3.63) is 0 Å². The maximum Gasteiger partial charge on any atom is 0.410 e. The summed E-state index contributed by atoms with van der Waals surface area (Å²) in [5.41, 5.74) is -0.0948. The fourth-order valence-electron chi connectivity index (χ4n) is 1.50. The van der Waals surface area contributed by atoms with Crippen molar-refractivity contribution in [1.29, 1.82) is 0 Å². The maximum absolute atomic E-state index is 11.6. The molecule has 3 nitrogen and oxygen atoms in total. The van der Waals surface area contributed by atoms with Gasteiger partial charge in [0.15, 0.2) is 0 Å². The van der Waals surface area contributed by atoms with Crippen LogP contribution in [0.25, 0.3) is 0 Å². The first kappa shape index (κ1) is 12.3. The standard InChI is InChI=1S/C12H23NO2/c1-11(2,3)9-7-13(8-9)10(14)15-12(4,5)6/h9H,7-8H2,1-6H3. The Balaban J connectivity index is 2.37. The Morgan fingerprint density at radius 1 is 1.13 bits per heavy atom. The van der Waals surface area contributed by atoms with Crippen LogP contribution in [0.4, 0.5) is 4.79 Å². The third-order valence-corrected chi connectivity index (χ3v) is 2.76. The van der Waals surface area contributed by atoms with Crippen molar-refractivity contribution in [2.45, 2.75) is 47.1 Å². The molecule has 0 atom stereocenters.